The van der Waals surface area contributed by atoms with E-state index in [-0.39, 0.29) is 42.5 Å². The van der Waals surface area contributed by atoms with Crippen LogP contribution >= 0.6 is 0 Å². The van der Waals surface area contributed by atoms with Crippen molar-refractivity contribution in [2.45, 2.75) is 90.3 Å². The van der Waals surface area contributed by atoms with Crippen molar-refractivity contribution >= 4 is 11.8 Å². The van der Waals surface area contributed by atoms with Crippen LogP contribution in [0, 0.1) is 29.1 Å². The molecule has 10 heteroatoms. The van der Waals surface area contributed by atoms with Gasteiger partial charge < -0.3 is 30.5 Å². The van der Waals surface area contributed by atoms with Gasteiger partial charge in [0.1, 0.15) is 17.9 Å². The molecular formula is C44H60N4O6. The molecule has 0 spiro atoms. The highest BCUT2D eigenvalue weighted by molar-refractivity contribution is 5.96. The largest absolute Gasteiger partial charge is 0.496 e. The molecule has 3 saturated carbocycles. The Morgan fingerprint density at radius 1 is 1.06 bits per heavy atom. The lowest BCUT2D eigenvalue weighted by atomic mass is 9.45. The van der Waals surface area contributed by atoms with Crippen LogP contribution in [0.25, 0.3) is 11.1 Å². The maximum atomic E-state index is 14.2. The van der Waals surface area contributed by atoms with Crippen LogP contribution in [0.2, 0.25) is 0 Å². The van der Waals surface area contributed by atoms with E-state index in [0.717, 1.165) is 42.5 Å². The van der Waals surface area contributed by atoms with Crippen molar-refractivity contribution in [3.63, 3.8) is 0 Å². The topological polar surface area (TPSA) is 124 Å². The zero-order valence-electron chi connectivity index (χ0n) is 33.0. The number of aliphatic hydroxyl groups excluding tert-OH is 2. The number of hydrogen-bond donors (Lipinski definition) is 4. The van der Waals surface area contributed by atoms with Gasteiger partial charge in [0.25, 0.3) is 5.91 Å². The van der Waals surface area contributed by atoms with Crippen molar-refractivity contribution in [2.24, 2.45) is 29.1 Å². The van der Waals surface area contributed by atoms with E-state index in [1.165, 1.54) is 12.0 Å². The lowest BCUT2D eigenvalue weighted by Crippen LogP contribution is -2.62. The number of aryl methyl sites for hydroxylation is 1. The fourth-order valence-electron chi connectivity index (χ4n) is 9.56. The van der Waals surface area contributed by atoms with Crippen LogP contribution in [-0.2, 0) is 22.6 Å². The van der Waals surface area contributed by atoms with Gasteiger partial charge in [-0.15, -0.1) is 0 Å². The minimum Gasteiger partial charge on any atom is -0.496 e. The molecule has 2 unspecified atom stereocenters. The lowest BCUT2D eigenvalue weighted by molar-refractivity contribution is -0.183. The van der Waals surface area contributed by atoms with Gasteiger partial charge in [-0.1, -0.05) is 81.4 Å². The van der Waals surface area contributed by atoms with Crippen molar-refractivity contribution < 1.29 is 29.4 Å². The predicted octanol–water partition coefficient (Wildman–Crippen LogP) is 5.32. The first-order valence-electron chi connectivity index (χ1n) is 19.6. The van der Waals surface area contributed by atoms with Gasteiger partial charge in [-0.2, -0.15) is 5.06 Å². The highest BCUT2D eigenvalue weighted by Crippen LogP contribution is 2.61. The molecule has 2 bridgehead atoms. The first-order chi connectivity index (χ1) is 25.8. The van der Waals surface area contributed by atoms with Gasteiger partial charge in [0.05, 0.1) is 26.4 Å². The van der Waals surface area contributed by atoms with Crippen LogP contribution in [0.4, 0.5) is 0 Å². The Morgan fingerprint density at radius 2 is 1.80 bits per heavy atom. The molecule has 4 aliphatic rings. The summed E-state index contributed by atoms with van der Waals surface area (Å²) in [5.41, 5.74) is 4.45. The number of nitrogens with one attached hydrogen (secondary N) is 2. The molecule has 1 saturated heterocycles. The number of benzene rings is 3. The fourth-order valence-corrected chi connectivity index (χ4v) is 9.56. The van der Waals surface area contributed by atoms with Crippen LogP contribution in [0.1, 0.15) is 68.4 Å². The number of likely N-dealkylation sites (N-methyl/N-ethyl adjacent to an activating group) is 1. The Labute approximate surface area is 321 Å². The van der Waals surface area contributed by atoms with Gasteiger partial charge >= 0.3 is 0 Å². The molecule has 3 aliphatic carbocycles. The summed E-state index contributed by atoms with van der Waals surface area (Å²) < 4.78 is 6.03. The third-order valence-corrected chi connectivity index (χ3v) is 12.7. The van der Waals surface area contributed by atoms with Crippen LogP contribution in [-0.4, -0.2) is 96.7 Å². The Hall–Kier alpha value is -3.80. The number of carbonyl (C=O) groups excluding carboxylic acids is 2. The Balaban J connectivity index is 1.21. The fraction of sp³-hybridized carbons (Fsp3) is 0.545. The molecule has 1 heterocycles. The highest BCUT2D eigenvalue weighted by atomic mass is 16.7. The van der Waals surface area contributed by atoms with Gasteiger partial charge in [-0.25, -0.2) is 0 Å². The van der Waals surface area contributed by atoms with Crippen LogP contribution < -0.4 is 15.4 Å². The normalized spacial score (nSPS) is 27.2. The maximum absolute atomic E-state index is 14.2. The minimum absolute atomic E-state index is 0.0353. The average Bonchev–Trinajstić information content (AvgIpc) is 3.53. The number of hydroxylamine groups is 2. The smallest absolute Gasteiger partial charge is 0.251 e. The van der Waals surface area contributed by atoms with Gasteiger partial charge in [-0.3, -0.25) is 14.4 Å². The van der Waals surface area contributed by atoms with E-state index in [2.05, 4.69) is 48.4 Å². The van der Waals surface area contributed by atoms with Crippen molar-refractivity contribution in [1.29, 1.82) is 0 Å². The van der Waals surface area contributed by atoms with E-state index >= 15 is 0 Å². The number of fused-ring (bicyclic) bond motifs is 2. The van der Waals surface area contributed by atoms with Gasteiger partial charge in [0, 0.05) is 41.2 Å². The Bertz CT molecular complexity index is 1750. The van der Waals surface area contributed by atoms with Crippen molar-refractivity contribution in [3.8, 4) is 16.9 Å². The monoisotopic (exact) mass is 740 g/mol. The molecule has 3 aromatic rings. The SMILES string of the molecule is COc1c(CN2O[C@@H](CO)C(C(C)O)[C@H]2C(=O)N[C@H]2C[C@H]3C[C@@H]([C@@H]2C)C3(C)C)cccc1-c1cccc(C(=O)N[C@H](CCc2ccccc2)CN(C)C)c1. The summed E-state index contributed by atoms with van der Waals surface area (Å²) >= 11 is 0. The standard InChI is InChI=1S/C44H60N4O6/c1-27-36-22-33(44(36,3)4)23-37(27)46-43(52)40-39(28(2)50)38(26-49)54-48(40)24-32-17-12-18-35(41(32)53-7)30-15-11-16-31(21-30)42(51)45-34(25-47(5)6)20-19-29-13-9-8-10-14-29/h8-18,21,27-28,33-34,36-40,49-50H,19-20,22-26H2,1-7H3,(H,45,51)(H,46,52)/t27-,28?,33+,34+,36-,37-,38-,39?,40-/m0/s1. The number of methoxy groups -OCH3 is 1. The van der Waals surface area contributed by atoms with E-state index < -0.39 is 24.2 Å². The van der Waals surface area contributed by atoms with E-state index in [9.17, 15) is 19.8 Å². The van der Waals surface area contributed by atoms with Crippen molar-refractivity contribution in [1.82, 2.24) is 20.6 Å². The van der Waals surface area contributed by atoms with Crippen LogP contribution in [0.5, 0.6) is 5.75 Å². The number of para-hydroxylation sites is 1. The highest BCUT2D eigenvalue weighted by Gasteiger charge is 2.57. The zero-order valence-corrected chi connectivity index (χ0v) is 33.0. The summed E-state index contributed by atoms with van der Waals surface area (Å²) in [6, 6.07) is 22.8. The van der Waals surface area contributed by atoms with Gasteiger partial charge in [0.15, 0.2) is 0 Å². The quantitative estimate of drug-likeness (QED) is 0.165. The molecule has 10 nitrogen and oxygen atoms in total. The molecule has 0 radical (unpaired) electrons. The average molecular weight is 741 g/mol. The summed E-state index contributed by atoms with van der Waals surface area (Å²) in [6.07, 6.45) is 2.18. The van der Waals surface area contributed by atoms with Crippen molar-refractivity contribution in [2.75, 3.05) is 34.4 Å². The van der Waals surface area contributed by atoms with Gasteiger partial charge in [-0.05, 0) is 93.1 Å². The minimum atomic E-state index is -0.892. The molecule has 9 atom stereocenters. The van der Waals surface area contributed by atoms with Gasteiger partial charge in [0.2, 0.25) is 5.91 Å². The molecule has 292 valence electrons. The number of aliphatic hydroxyl groups is 2. The molecule has 4 fully saturated rings. The van der Waals surface area contributed by atoms with Crippen molar-refractivity contribution in [3.05, 3.63) is 89.5 Å². The third kappa shape index (κ3) is 8.38. The van der Waals surface area contributed by atoms with Crippen LogP contribution in [0.3, 0.4) is 0 Å². The molecule has 0 aromatic heterocycles. The Morgan fingerprint density at radius 3 is 2.44 bits per heavy atom. The number of hydrogen-bond acceptors (Lipinski definition) is 8. The number of nitrogens with zero attached hydrogens (tertiary/aromatic N) is 2. The summed E-state index contributed by atoms with van der Waals surface area (Å²) in [7, 11) is 5.63. The summed E-state index contributed by atoms with van der Waals surface area (Å²) in [5, 5.41) is 29.5. The maximum Gasteiger partial charge on any atom is 0.251 e. The molecule has 1 aliphatic heterocycles. The Kier molecular flexibility index (Phi) is 12.5. The molecular weight excluding hydrogens is 681 g/mol. The second-order valence-corrected chi connectivity index (χ2v) is 16.8. The molecule has 7 rings (SSSR count). The summed E-state index contributed by atoms with van der Waals surface area (Å²) in [4.78, 5) is 36.2. The number of carbonyl (C=O) groups is 2. The second kappa shape index (κ2) is 16.9. The first kappa shape index (κ1) is 39.9. The molecule has 54 heavy (non-hydrogen) atoms. The second-order valence-electron chi connectivity index (χ2n) is 16.8. The van der Waals surface area contributed by atoms with E-state index in [4.69, 9.17) is 9.57 Å². The molecule has 3 aromatic carbocycles. The van der Waals surface area contributed by atoms with Crippen LogP contribution in [0.15, 0.2) is 72.8 Å². The first-order valence-corrected chi connectivity index (χ1v) is 19.6. The lowest BCUT2D eigenvalue weighted by Gasteiger charge is -2.62. The number of rotatable bonds is 15. The zero-order chi connectivity index (χ0) is 38.7. The number of amides is 2. The molecule has 2 amide bonds. The van der Waals surface area contributed by atoms with E-state index in [1.54, 1.807) is 19.1 Å². The third-order valence-electron chi connectivity index (χ3n) is 12.7. The summed E-state index contributed by atoms with van der Waals surface area (Å²) in [6.45, 7) is 9.13. The predicted molar refractivity (Wildman–Crippen MR) is 211 cm³/mol. The van der Waals surface area contributed by atoms with E-state index in [0.29, 0.717) is 29.1 Å². The summed E-state index contributed by atoms with van der Waals surface area (Å²) in [5.74, 6) is 1.10. The van der Waals surface area contributed by atoms with E-state index in [1.807, 2.05) is 74.8 Å². The number of ether oxygens (including phenoxy) is 1. The molecule has 4 N–H and O–H groups in total.